The standard InChI is InChI=1S/C19H17ClN2O3S/c1-11-4-5-13(9-16(11)20)22-18(23)17(21-19(22)26)8-12-6-14(24-2)10-15(7-12)25-3/h4-10H,1-3H3,(H,21,26)/b17-8-. The Balaban J connectivity index is 1.96. The molecule has 1 N–H and O–H groups in total. The van der Waals surface area contributed by atoms with Crippen molar-refractivity contribution >= 4 is 46.6 Å². The van der Waals surface area contributed by atoms with Gasteiger partial charge in [-0.15, -0.1) is 0 Å². The number of nitrogens with one attached hydrogen (secondary N) is 1. The van der Waals surface area contributed by atoms with E-state index >= 15 is 0 Å². The van der Waals surface area contributed by atoms with Crippen LogP contribution in [0.2, 0.25) is 5.02 Å². The van der Waals surface area contributed by atoms with E-state index in [0.29, 0.717) is 33.0 Å². The molecule has 0 saturated carbocycles. The Bertz CT molecular complexity index is 905. The number of aryl methyl sites for hydroxylation is 1. The number of anilines is 1. The molecule has 3 rings (SSSR count). The normalized spacial score (nSPS) is 15.4. The second-order valence-corrected chi connectivity index (χ2v) is 6.50. The van der Waals surface area contributed by atoms with Crippen LogP contribution in [0.1, 0.15) is 11.1 Å². The van der Waals surface area contributed by atoms with Gasteiger partial charge in [0.1, 0.15) is 17.2 Å². The Kier molecular flexibility index (Phi) is 5.15. The summed E-state index contributed by atoms with van der Waals surface area (Å²) in [5.41, 5.74) is 2.67. The summed E-state index contributed by atoms with van der Waals surface area (Å²) in [4.78, 5) is 14.2. The lowest BCUT2D eigenvalue weighted by Gasteiger charge is -2.14. The summed E-state index contributed by atoms with van der Waals surface area (Å²) in [5.74, 6) is 1.01. The van der Waals surface area contributed by atoms with Crippen LogP contribution in [0.4, 0.5) is 5.69 Å². The number of rotatable bonds is 4. The van der Waals surface area contributed by atoms with Crippen LogP contribution >= 0.6 is 23.8 Å². The maximum absolute atomic E-state index is 12.8. The van der Waals surface area contributed by atoms with Gasteiger partial charge in [0, 0.05) is 11.1 Å². The van der Waals surface area contributed by atoms with E-state index in [9.17, 15) is 4.79 Å². The topological polar surface area (TPSA) is 50.8 Å². The van der Waals surface area contributed by atoms with Gasteiger partial charge in [0.25, 0.3) is 5.91 Å². The van der Waals surface area contributed by atoms with Gasteiger partial charge in [-0.3, -0.25) is 9.69 Å². The molecule has 2 aromatic rings. The molecular formula is C19H17ClN2O3S. The van der Waals surface area contributed by atoms with Crippen molar-refractivity contribution in [3.05, 3.63) is 58.2 Å². The van der Waals surface area contributed by atoms with E-state index in [-0.39, 0.29) is 5.91 Å². The van der Waals surface area contributed by atoms with Crippen molar-refractivity contribution in [2.24, 2.45) is 0 Å². The van der Waals surface area contributed by atoms with Gasteiger partial charge >= 0.3 is 0 Å². The number of nitrogens with zero attached hydrogens (tertiary/aromatic N) is 1. The molecule has 0 aliphatic carbocycles. The van der Waals surface area contributed by atoms with Gasteiger partial charge in [-0.2, -0.15) is 0 Å². The Labute approximate surface area is 162 Å². The zero-order valence-corrected chi connectivity index (χ0v) is 16.1. The number of ether oxygens (including phenoxy) is 2. The molecule has 1 saturated heterocycles. The Morgan fingerprint density at radius 1 is 1.12 bits per heavy atom. The quantitative estimate of drug-likeness (QED) is 0.635. The summed E-state index contributed by atoms with van der Waals surface area (Å²) in [6, 6.07) is 10.8. The van der Waals surface area contributed by atoms with Crippen molar-refractivity contribution in [3.8, 4) is 11.5 Å². The predicted molar refractivity (Wildman–Crippen MR) is 107 cm³/mol. The highest BCUT2D eigenvalue weighted by atomic mass is 35.5. The highest BCUT2D eigenvalue weighted by Crippen LogP contribution is 2.28. The van der Waals surface area contributed by atoms with Crippen LogP contribution in [0, 0.1) is 6.92 Å². The minimum atomic E-state index is -0.253. The van der Waals surface area contributed by atoms with Gasteiger partial charge in [0.05, 0.1) is 19.9 Å². The average Bonchev–Trinajstić information content (AvgIpc) is 2.90. The maximum Gasteiger partial charge on any atom is 0.281 e. The maximum atomic E-state index is 12.8. The fourth-order valence-corrected chi connectivity index (χ4v) is 3.04. The number of thiocarbonyl (C=S) groups is 1. The summed E-state index contributed by atoms with van der Waals surface area (Å²) in [5, 5.41) is 3.83. The molecule has 0 atom stereocenters. The molecule has 0 spiro atoms. The third-order valence-corrected chi connectivity index (χ3v) is 4.67. The number of benzene rings is 2. The molecule has 2 aromatic carbocycles. The lowest BCUT2D eigenvalue weighted by Crippen LogP contribution is -2.30. The van der Waals surface area contributed by atoms with Crippen LogP contribution < -0.4 is 19.7 Å². The van der Waals surface area contributed by atoms with E-state index in [1.165, 1.54) is 4.90 Å². The van der Waals surface area contributed by atoms with E-state index in [4.69, 9.17) is 33.3 Å². The number of amides is 1. The molecule has 0 radical (unpaired) electrons. The van der Waals surface area contributed by atoms with E-state index in [2.05, 4.69) is 5.32 Å². The molecule has 1 fully saturated rings. The zero-order valence-electron chi connectivity index (χ0n) is 14.5. The summed E-state index contributed by atoms with van der Waals surface area (Å²) in [7, 11) is 3.14. The SMILES string of the molecule is COc1cc(/C=C2\NC(=S)N(c3ccc(C)c(Cl)c3)C2=O)cc(OC)c1. The highest BCUT2D eigenvalue weighted by molar-refractivity contribution is 7.80. The van der Waals surface area contributed by atoms with Crippen molar-refractivity contribution < 1.29 is 14.3 Å². The predicted octanol–water partition coefficient (Wildman–Crippen LogP) is 3.93. The van der Waals surface area contributed by atoms with E-state index in [0.717, 1.165) is 11.1 Å². The van der Waals surface area contributed by atoms with Crippen LogP contribution in [0.5, 0.6) is 11.5 Å². The Hall–Kier alpha value is -2.57. The monoisotopic (exact) mass is 388 g/mol. The van der Waals surface area contributed by atoms with Gasteiger partial charge in [-0.1, -0.05) is 17.7 Å². The van der Waals surface area contributed by atoms with Crippen molar-refractivity contribution in [1.29, 1.82) is 0 Å². The molecule has 1 heterocycles. The van der Waals surface area contributed by atoms with Crippen LogP contribution in [0.15, 0.2) is 42.1 Å². The second kappa shape index (κ2) is 7.35. The van der Waals surface area contributed by atoms with Gasteiger partial charge < -0.3 is 14.8 Å². The molecule has 1 amide bonds. The highest BCUT2D eigenvalue weighted by Gasteiger charge is 2.32. The third kappa shape index (κ3) is 3.52. The molecule has 0 unspecified atom stereocenters. The lowest BCUT2D eigenvalue weighted by atomic mass is 10.1. The number of halogens is 1. The summed E-state index contributed by atoms with van der Waals surface area (Å²) in [6.07, 6.45) is 1.70. The minimum Gasteiger partial charge on any atom is -0.497 e. The number of methoxy groups -OCH3 is 2. The largest absolute Gasteiger partial charge is 0.497 e. The smallest absolute Gasteiger partial charge is 0.281 e. The van der Waals surface area contributed by atoms with Crippen molar-refractivity contribution in [1.82, 2.24) is 5.32 Å². The fraction of sp³-hybridized carbons (Fsp3) is 0.158. The van der Waals surface area contributed by atoms with Gasteiger partial charge in [-0.05, 0) is 60.6 Å². The summed E-state index contributed by atoms with van der Waals surface area (Å²) >= 11 is 11.5. The first-order chi connectivity index (χ1) is 12.4. The van der Waals surface area contributed by atoms with E-state index in [1.807, 2.05) is 19.1 Å². The summed E-state index contributed by atoms with van der Waals surface area (Å²) in [6.45, 7) is 1.90. The molecule has 0 aromatic heterocycles. The molecule has 5 nitrogen and oxygen atoms in total. The lowest BCUT2D eigenvalue weighted by molar-refractivity contribution is -0.113. The van der Waals surface area contributed by atoms with Gasteiger partial charge in [0.2, 0.25) is 0 Å². The molecule has 1 aliphatic heterocycles. The number of carbonyl (C=O) groups is 1. The molecule has 26 heavy (non-hydrogen) atoms. The second-order valence-electron chi connectivity index (χ2n) is 5.71. The Morgan fingerprint density at radius 2 is 1.77 bits per heavy atom. The molecule has 0 bridgehead atoms. The fourth-order valence-electron chi connectivity index (χ4n) is 2.57. The Morgan fingerprint density at radius 3 is 2.35 bits per heavy atom. The number of hydrogen-bond donors (Lipinski definition) is 1. The van der Waals surface area contributed by atoms with E-state index in [1.54, 1.807) is 44.6 Å². The van der Waals surface area contributed by atoms with Crippen LogP contribution in [0.3, 0.4) is 0 Å². The molecule has 134 valence electrons. The molecule has 1 aliphatic rings. The third-order valence-electron chi connectivity index (χ3n) is 3.98. The van der Waals surface area contributed by atoms with E-state index < -0.39 is 0 Å². The minimum absolute atomic E-state index is 0.253. The first kappa shape index (κ1) is 18.2. The van der Waals surface area contributed by atoms with Crippen molar-refractivity contribution in [2.75, 3.05) is 19.1 Å². The van der Waals surface area contributed by atoms with Gasteiger partial charge in [0.15, 0.2) is 5.11 Å². The number of carbonyl (C=O) groups excluding carboxylic acids is 1. The van der Waals surface area contributed by atoms with Crippen LogP contribution in [-0.4, -0.2) is 25.2 Å². The van der Waals surface area contributed by atoms with Crippen molar-refractivity contribution in [3.63, 3.8) is 0 Å². The van der Waals surface area contributed by atoms with Crippen LogP contribution in [0.25, 0.3) is 6.08 Å². The van der Waals surface area contributed by atoms with Crippen LogP contribution in [-0.2, 0) is 4.79 Å². The average molecular weight is 389 g/mol. The first-order valence-corrected chi connectivity index (χ1v) is 8.58. The molecule has 7 heteroatoms. The van der Waals surface area contributed by atoms with Gasteiger partial charge in [-0.25, -0.2) is 0 Å². The molecular weight excluding hydrogens is 372 g/mol. The zero-order chi connectivity index (χ0) is 18.8. The summed E-state index contributed by atoms with van der Waals surface area (Å²) < 4.78 is 10.5. The first-order valence-electron chi connectivity index (χ1n) is 7.79. The van der Waals surface area contributed by atoms with Crippen molar-refractivity contribution in [2.45, 2.75) is 6.92 Å². The number of hydrogen-bond acceptors (Lipinski definition) is 4.